The molecule has 1 heterocycles. The molecule has 1 saturated heterocycles. The summed E-state index contributed by atoms with van der Waals surface area (Å²) < 4.78 is 5.42. The molecular formula is C9H16O2. The Labute approximate surface area is 67.9 Å². The predicted molar refractivity (Wildman–Crippen MR) is 44.4 cm³/mol. The van der Waals surface area contributed by atoms with Gasteiger partial charge < -0.3 is 9.84 Å². The van der Waals surface area contributed by atoms with Crippen molar-refractivity contribution in [3.8, 4) is 0 Å². The Kier molecular flexibility index (Phi) is 2.68. The first-order chi connectivity index (χ1) is 5.20. The van der Waals surface area contributed by atoms with Gasteiger partial charge in [-0.15, -0.1) is 6.58 Å². The van der Waals surface area contributed by atoms with Crippen molar-refractivity contribution in [3.05, 3.63) is 12.7 Å². The Morgan fingerprint density at radius 1 is 1.82 bits per heavy atom. The Balaban J connectivity index is 2.51. The van der Waals surface area contributed by atoms with Crippen LogP contribution in [-0.2, 0) is 4.74 Å². The van der Waals surface area contributed by atoms with E-state index in [0.717, 1.165) is 6.42 Å². The number of ether oxygens (including phenoxy) is 1. The van der Waals surface area contributed by atoms with E-state index in [1.54, 1.807) is 6.08 Å². The molecule has 0 radical (unpaired) electrons. The summed E-state index contributed by atoms with van der Waals surface area (Å²) in [5, 5.41) is 9.78. The Morgan fingerprint density at radius 2 is 2.55 bits per heavy atom. The summed E-state index contributed by atoms with van der Waals surface area (Å²) in [6.07, 6.45) is 4.21. The average molecular weight is 156 g/mol. The standard InChI is InChI=1S/C9H16O2/c1-3-8-7-9(10,4-2)5-6-11-8/h4,8,10H,2-3,5-7H2,1H3. The van der Waals surface area contributed by atoms with Crippen LogP contribution in [0.25, 0.3) is 0 Å². The maximum absolute atomic E-state index is 9.78. The Bertz CT molecular complexity index is 144. The Morgan fingerprint density at radius 3 is 3.09 bits per heavy atom. The lowest BCUT2D eigenvalue weighted by molar-refractivity contribution is -0.0792. The van der Waals surface area contributed by atoms with Crippen LogP contribution in [0.4, 0.5) is 0 Å². The molecule has 0 amide bonds. The van der Waals surface area contributed by atoms with E-state index in [2.05, 4.69) is 13.5 Å². The molecule has 1 N–H and O–H groups in total. The molecule has 0 spiro atoms. The van der Waals surface area contributed by atoms with Crippen molar-refractivity contribution in [2.75, 3.05) is 6.61 Å². The van der Waals surface area contributed by atoms with Crippen LogP contribution in [0, 0.1) is 0 Å². The quantitative estimate of drug-likeness (QED) is 0.614. The second-order valence-electron chi connectivity index (χ2n) is 3.16. The van der Waals surface area contributed by atoms with E-state index in [1.807, 2.05) is 0 Å². The van der Waals surface area contributed by atoms with Crippen LogP contribution in [0.15, 0.2) is 12.7 Å². The fourth-order valence-electron chi connectivity index (χ4n) is 1.41. The minimum Gasteiger partial charge on any atom is -0.386 e. The molecule has 2 unspecified atom stereocenters. The second kappa shape index (κ2) is 3.37. The fourth-order valence-corrected chi connectivity index (χ4v) is 1.41. The maximum atomic E-state index is 9.78. The number of aliphatic hydroxyl groups is 1. The third-order valence-corrected chi connectivity index (χ3v) is 2.30. The average Bonchev–Trinajstić information content (AvgIpc) is 2.05. The fraction of sp³-hybridized carbons (Fsp3) is 0.778. The summed E-state index contributed by atoms with van der Waals surface area (Å²) in [5.74, 6) is 0. The van der Waals surface area contributed by atoms with Gasteiger partial charge in [-0.3, -0.25) is 0 Å². The first kappa shape index (κ1) is 8.75. The van der Waals surface area contributed by atoms with E-state index in [-0.39, 0.29) is 6.10 Å². The van der Waals surface area contributed by atoms with Crippen LogP contribution < -0.4 is 0 Å². The molecule has 0 aromatic carbocycles. The zero-order chi connectivity index (χ0) is 8.32. The molecule has 11 heavy (non-hydrogen) atoms. The molecule has 0 bridgehead atoms. The summed E-state index contributed by atoms with van der Waals surface area (Å²) in [5.41, 5.74) is -0.668. The van der Waals surface area contributed by atoms with Gasteiger partial charge in [-0.25, -0.2) is 0 Å². The molecule has 64 valence electrons. The normalized spacial score (nSPS) is 38.5. The summed E-state index contributed by atoms with van der Waals surface area (Å²) in [7, 11) is 0. The van der Waals surface area contributed by atoms with Gasteiger partial charge in [0.05, 0.1) is 11.7 Å². The van der Waals surface area contributed by atoms with Crippen LogP contribution in [0.1, 0.15) is 26.2 Å². The highest BCUT2D eigenvalue weighted by atomic mass is 16.5. The lowest BCUT2D eigenvalue weighted by Gasteiger charge is -2.34. The highest BCUT2D eigenvalue weighted by Gasteiger charge is 2.31. The molecule has 1 rings (SSSR count). The van der Waals surface area contributed by atoms with Crippen molar-refractivity contribution in [3.63, 3.8) is 0 Å². The van der Waals surface area contributed by atoms with Gasteiger partial charge >= 0.3 is 0 Å². The van der Waals surface area contributed by atoms with Gasteiger partial charge in [0.25, 0.3) is 0 Å². The monoisotopic (exact) mass is 156 g/mol. The van der Waals surface area contributed by atoms with Crippen molar-refractivity contribution < 1.29 is 9.84 Å². The highest BCUT2D eigenvalue weighted by Crippen LogP contribution is 2.26. The number of hydrogen-bond donors (Lipinski definition) is 1. The maximum Gasteiger partial charge on any atom is 0.0871 e. The molecule has 0 aromatic heterocycles. The Hall–Kier alpha value is -0.340. The highest BCUT2D eigenvalue weighted by molar-refractivity contribution is 4.98. The minimum atomic E-state index is -0.668. The summed E-state index contributed by atoms with van der Waals surface area (Å²) in [6.45, 7) is 6.34. The molecule has 2 nitrogen and oxygen atoms in total. The molecule has 2 atom stereocenters. The molecule has 0 aliphatic carbocycles. The van der Waals surface area contributed by atoms with E-state index in [1.165, 1.54) is 0 Å². The van der Waals surface area contributed by atoms with Crippen LogP contribution in [0.5, 0.6) is 0 Å². The summed E-state index contributed by atoms with van der Waals surface area (Å²) in [4.78, 5) is 0. The van der Waals surface area contributed by atoms with E-state index < -0.39 is 5.60 Å². The molecule has 0 aromatic rings. The molecule has 2 heteroatoms. The number of rotatable bonds is 2. The topological polar surface area (TPSA) is 29.5 Å². The van der Waals surface area contributed by atoms with Crippen LogP contribution in [0.2, 0.25) is 0 Å². The third kappa shape index (κ3) is 2.04. The molecule has 1 aliphatic heterocycles. The van der Waals surface area contributed by atoms with Crippen LogP contribution in [-0.4, -0.2) is 23.4 Å². The van der Waals surface area contributed by atoms with E-state index in [4.69, 9.17) is 4.74 Å². The van der Waals surface area contributed by atoms with Crippen molar-refractivity contribution in [2.45, 2.75) is 37.9 Å². The molecular weight excluding hydrogens is 140 g/mol. The van der Waals surface area contributed by atoms with E-state index >= 15 is 0 Å². The van der Waals surface area contributed by atoms with E-state index in [9.17, 15) is 5.11 Å². The molecule has 1 fully saturated rings. The minimum absolute atomic E-state index is 0.215. The van der Waals surface area contributed by atoms with Gasteiger partial charge in [0.15, 0.2) is 0 Å². The first-order valence-electron chi connectivity index (χ1n) is 4.18. The van der Waals surface area contributed by atoms with Gasteiger partial charge in [-0.2, -0.15) is 0 Å². The summed E-state index contributed by atoms with van der Waals surface area (Å²) >= 11 is 0. The van der Waals surface area contributed by atoms with Crippen molar-refractivity contribution in [2.24, 2.45) is 0 Å². The lowest BCUT2D eigenvalue weighted by Crippen LogP contribution is -2.38. The van der Waals surface area contributed by atoms with Crippen molar-refractivity contribution >= 4 is 0 Å². The number of hydrogen-bond acceptors (Lipinski definition) is 2. The van der Waals surface area contributed by atoms with Gasteiger partial charge in [0.1, 0.15) is 0 Å². The van der Waals surface area contributed by atoms with Gasteiger partial charge in [0, 0.05) is 19.4 Å². The zero-order valence-corrected chi connectivity index (χ0v) is 7.05. The van der Waals surface area contributed by atoms with Crippen molar-refractivity contribution in [1.29, 1.82) is 0 Å². The summed E-state index contributed by atoms with van der Waals surface area (Å²) in [6, 6.07) is 0. The molecule has 1 aliphatic rings. The lowest BCUT2D eigenvalue weighted by atomic mass is 9.90. The van der Waals surface area contributed by atoms with E-state index in [0.29, 0.717) is 19.4 Å². The van der Waals surface area contributed by atoms with Crippen LogP contribution in [0.3, 0.4) is 0 Å². The predicted octanol–water partition coefficient (Wildman–Crippen LogP) is 1.49. The molecule has 0 saturated carbocycles. The first-order valence-corrected chi connectivity index (χ1v) is 4.18. The smallest absolute Gasteiger partial charge is 0.0871 e. The van der Waals surface area contributed by atoms with Gasteiger partial charge in [-0.05, 0) is 6.42 Å². The second-order valence-corrected chi connectivity index (χ2v) is 3.16. The SMILES string of the molecule is C=CC1(O)CCOC(CC)C1. The van der Waals surface area contributed by atoms with Crippen LogP contribution >= 0.6 is 0 Å². The van der Waals surface area contributed by atoms with Gasteiger partial charge in [-0.1, -0.05) is 13.0 Å². The zero-order valence-electron chi connectivity index (χ0n) is 7.05. The third-order valence-electron chi connectivity index (χ3n) is 2.30. The van der Waals surface area contributed by atoms with Crippen molar-refractivity contribution in [1.82, 2.24) is 0 Å². The largest absolute Gasteiger partial charge is 0.386 e. The van der Waals surface area contributed by atoms with Gasteiger partial charge in [0.2, 0.25) is 0 Å².